The number of hydrogen-bond donors (Lipinski definition) is 4. The highest BCUT2D eigenvalue weighted by atomic mass is 32.2. The number of aromatic hydroxyl groups is 1. The van der Waals surface area contributed by atoms with Gasteiger partial charge in [-0.05, 0) is 61.5 Å². The van der Waals surface area contributed by atoms with E-state index in [0.717, 1.165) is 5.56 Å². The molecule has 5 aromatic carbocycles. The number of anilines is 1. The van der Waals surface area contributed by atoms with Crippen LogP contribution in [0, 0.1) is 6.92 Å². The van der Waals surface area contributed by atoms with Gasteiger partial charge in [0.15, 0.2) is 11.5 Å². The monoisotopic (exact) mass is 669 g/mol. The summed E-state index contributed by atoms with van der Waals surface area (Å²) in [5.74, 6) is -0.110. The lowest BCUT2D eigenvalue weighted by molar-refractivity contribution is 0.477. The second-order valence-electron chi connectivity index (χ2n) is 9.59. The van der Waals surface area contributed by atoms with Crippen molar-refractivity contribution in [3.8, 4) is 17.2 Å². The molecular formula is C29H23N3O10S3. The normalized spacial score (nSPS) is 12.4. The summed E-state index contributed by atoms with van der Waals surface area (Å²) in [6, 6.07) is 22.7. The Kier molecular flexibility index (Phi) is 8.35. The first-order valence-corrected chi connectivity index (χ1v) is 17.1. The smallest absolute Gasteiger partial charge is 0.295 e. The molecule has 0 radical (unpaired) electrons. The molecule has 0 saturated heterocycles. The first-order valence-electron chi connectivity index (χ1n) is 12.8. The zero-order chi connectivity index (χ0) is 32.6. The lowest BCUT2D eigenvalue weighted by atomic mass is 10.1. The average molecular weight is 670 g/mol. The number of para-hydroxylation sites is 2. The van der Waals surface area contributed by atoms with Crippen LogP contribution in [0.5, 0.6) is 17.2 Å². The zero-order valence-corrected chi connectivity index (χ0v) is 25.5. The van der Waals surface area contributed by atoms with E-state index in [2.05, 4.69) is 15.0 Å². The summed E-state index contributed by atoms with van der Waals surface area (Å²) < 4.78 is 103. The molecule has 0 bridgehead atoms. The van der Waals surface area contributed by atoms with Crippen molar-refractivity contribution in [2.75, 3.05) is 4.72 Å². The van der Waals surface area contributed by atoms with Gasteiger partial charge in [0, 0.05) is 5.39 Å². The zero-order valence-electron chi connectivity index (χ0n) is 23.1. The molecule has 16 heteroatoms. The highest BCUT2D eigenvalue weighted by molar-refractivity contribution is 7.92. The summed E-state index contributed by atoms with van der Waals surface area (Å²) in [6.07, 6.45) is 0. The van der Waals surface area contributed by atoms with Gasteiger partial charge in [0.1, 0.15) is 22.0 Å². The van der Waals surface area contributed by atoms with Crippen LogP contribution < -0.4 is 9.46 Å². The Morgan fingerprint density at radius 3 is 1.96 bits per heavy atom. The van der Waals surface area contributed by atoms with Crippen molar-refractivity contribution < 1.29 is 44.2 Å². The van der Waals surface area contributed by atoms with Gasteiger partial charge < -0.3 is 9.84 Å². The standard InChI is InChI=1S/C29H23N3O10S3/c1-18-11-13-20(14-12-18)43(34,35)32-24-16-21(44(36,37)38)15-22-27(45(39,40)41)17-25(29(33)28(22)24)31-30-23-9-5-6-10-26(23)42-19-7-3-2-4-8-19/h2-17,32-33H,1H3,(H,36,37,38)(H,39,40,41). The number of phenolic OH excluding ortho intramolecular Hbond substituents is 1. The average Bonchev–Trinajstić information content (AvgIpc) is 2.97. The summed E-state index contributed by atoms with van der Waals surface area (Å²) in [4.78, 5) is -2.14. The predicted molar refractivity (Wildman–Crippen MR) is 164 cm³/mol. The van der Waals surface area contributed by atoms with E-state index in [1.807, 2.05) is 0 Å². The number of nitrogens with zero attached hydrogens (tertiary/aromatic N) is 2. The Morgan fingerprint density at radius 2 is 1.31 bits per heavy atom. The SMILES string of the molecule is Cc1ccc(S(=O)(=O)Nc2cc(S(=O)(=O)O)cc3c(S(=O)(=O)O)cc(N=Nc4ccccc4Oc4ccccc4)c(O)c23)cc1. The molecule has 0 unspecified atom stereocenters. The van der Waals surface area contributed by atoms with E-state index in [4.69, 9.17) is 4.74 Å². The molecule has 0 aliphatic heterocycles. The summed E-state index contributed by atoms with van der Waals surface area (Å²) in [6.45, 7) is 1.73. The van der Waals surface area contributed by atoms with Crippen molar-refractivity contribution in [1.29, 1.82) is 0 Å². The van der Waals surface area contributed by atoms with Gasteiger partial charge in [-0.3, -0.25) is 13.8 Å². The number of hydrogen-bond acceptors (Lipinski definition) is 10. The van der Waals surface area contributed by atoms with Gasteiger partial charge in [0.25, 0.3) is 30.3 Å². The maximum absolute atomic E-state index is 13.3. The molecule has 5 aromatic rings. The Hall–Kier alpha value is -4.87. The van der Waals surface area contributed by atoms with Crippen LogP contribution in [-0.4, -0.2) is 39.5 Å². The lowest BCUT2D eigenvalue weighted by Gasteiger charge is -2.16. The number of ether oxygens (including phenoxy) is 1. The van der Waals surface area contributed by atoms with Crippen LogP contribution in [0.3, 0.4) is 0 Å². The Bertz CT molecular complexity index is 2290. The summed E-state index contributed by atoms with van der Waals surface area (Å²) >= 11 is 0. The molecular weight excluding hydrogens is 647 g/mol. The Labute approximate surface area is 258 Å². The third-order valence-corrected chi connectivity index (χ3v) is 9.48. The number of fused-ring (bicyclic) bond motifs is 1. The van der Waals surface area contributed by atoms with E-state index in [1.54, 1.807) is 55.5 Å². The second kappa shape index (κ2) is 11.9. The first kappa shape index (κ1) is 31.6. The predicted octanol–water partition coefficient (Wildman–Crippen LogP) is 6.36. The largest absolute Gasteiger partial charge is 0.505 e. The molecule has 5 rings (SSSR count). The molecule has 4 N–H and O–H groups in total. The number of azo groups is 1. The number of aryl methyl sites for hydroxylation is 1. The highest BCUT2D eigenvalue weighted by Gasteiger charge is 2.27. The minimum atomic E-state index is -5.17. The van der Waals surface area contributed by atoms with Gasteiger partial charge in [-0.25, -0.2) is 8.42 Å². The van der Waals surface area contributed by atoms with Gasteiger partial charge in [0.2, 0.25) is 0 Å². The minimum Gasteiger partial charge on any atom is -0.505 e. The molecule has 0 amide bonds. The number of benzene rings is 5. The molecule has 13 nitrogen and oxygen atoms in total. The molecule has 0 aromatic heterocycles. The molecule has 0 aliphatic rings. The van der Waals surface area contributed by atoms with Crippen LogP contribution in [0.15, 0.2) is 122 Å². The highest BCUT2D eigenvalue weighted by Crippen LogP contribution is 2.45. The molecule has 0 atom stereocenters. The summed E-state index contributed by atoms with van der Waals surface area (Å²) in [5.41, 5.74) is -0.293. The van der Waals surface area contributed by atoms with E-state index in [1.165, 1.54) is 30.3 Å². The minimum absolute atomic E-state index is 0.149. The maximum Gasteiger partial charge on any atom is 0.295 e. The fourth-order valence-corrected chi connectivity index (χ4v) is 6.55. The topological polar surface area (TPSA) is 209 Å². The molecule has 0 fully saturated rings. The van der Waals surface area contributed by atoms with E-state index >= 15 is 0 Å². The van der Waals surface area contributed by atoms with Crippen LogP contribution in [0.1, 0.15) is 5.56 Å². The van der Waals surface area contributed by atoms with E-state index in [9.17, 15) is 39.5 Å². The molecule has 0 saturated carbocycles. The van der Waals surface area contributed by atoms with Gasteiger partial charge >= 0.3 is 0 Å². The van der Waals surface area contributed by atoms with Gasteiger partial charge in [-0.2, -0.15) is 16.8 Å². The fourth-order valence-electron chi connectivity index (χ4n) is 4.25. The van der Waals surface area contributed by atoms with Crippen LogP contribution >= 0.6 is 0 Å². The van der Waals surface area contributed by atoms with Crippen LogP contribution in [0.2, 0.25) is 0 Å². The third kappa shape index (κ3) is 6.95. The first-order chi connectivity index (χ1) is 21.1. The van der Waals surface area contributed by atoms with Crippen LogP contribution in [0.4, 0.5) is 17.1 Å². The van der Waals surface area contributed by atoms with Crippen molar-refractivity contribution in [2.45, 2.75) is 21.6 Å². The molecule has 0 spiro atoms. The van der Waals surface area contributed by atoms with E-state index in [-0.39, 0.29) is 16.3 Å². The van der Waals surface area contributed by atoms with Crippen molar-refractivity contribution in [1.82, 2.24) is 0 Å². The van der Waals surface area contributed by atoms with E-state index < -0.39 is 67.9 Å². The lowest BCUT2D eigenvalue weighted by Crippen LogP contribution is -2.14. The maximum atomic E-state index is 13.3. The third-order valence-electron chi connectivity index (χ3n) is 6.38. The summed E-state index contributed by atoms with van der Waals surface area (Å²) in [7, 11) is -14.7. The number of nitrogens with one attached hydrogen (secondary N) is 1. The molecule has 232 valence electrons. The number of phenols is 1. The Morgan fingerprint density at radius 1 is 0.689 bits per heavy atom. The second-order valence-corrected chi connectivity index (χ2v) is 14.1. The molecule has 0 aliphatic carbocycles. The van der Waals surface area contributed by atoms with Gasteiger partial charge in [-0.15, -0.1) is 10.2 Å². The quantitative estimate of drug-likeness (QED) is 0.101. The number of rotatable bonds is 9. The van der Waals surface area contributed by atoms with Crippen molar-refractivity contribution in [3.63, 3.8) is 0 Å². The van der Waals surface area contributed by atoms with Gasteiger partial charge in [0.05, 0.1) is 20.9 Å². The van der Waals surface area contributed by atoms with Crippen LogP contribution in [-0.2, 0) is 30.3 Å². The van der Waals surface area contributed by atoms with Gasteiger partial charge in [-0.1, -0.05) is 48.0 Å². The van der Waals surface area contributed by atoms with Crippen molar-refractivity contribution in [2.24, 2.45) is 10.2 Å². The number of sulfonamides is 1. The fraction of sp³-hybridized carbons (Fsp3) is 0.0345. The van der Waals surface area contributed by atoms with Crippen LogP contribution in [0.25, 0.3) is 10.8 Å². The molecule has 0 heterocycles. The summed E-state index contributed by atoms with van der Waals surface area (Å²) in [5, 5.41) is 18.1. The van der Waals surface area contributed by atoms with E-state index in [0.29, 0.717) is 23.9 Å². The van der Waals surface area contributed by atoms with Crippen molar-refractivity contribution >= 4 is 58.1 Å². The molecule has 45 heavy (non-hydrogen) atoms. The van der Waals surface area contributed by atoms with Crippen molar-refractivity contribution in [3.05, 3.63) is 103 Å². The Balaban J connectivity index is 1.73.